The van der Waals surface area contributed by atoms with Crippen LogP contribution in [0.1, 0.15) is 5.76 Å². The number of sulfonamides is 1. The maximum atomic E-state index is 13.0. The second-order valence-corrected chi connectivity index (χ2v) is 5.72. The first-order valence-corrected chi connectivity index (χ1v) is 7.22. The fourth-order valence-corrected chi connectivity index (χ4v) is 2.58. The molecule has 1 aromatic carbocycles. The Balaban J connectivity index is 2.28. The smallest absolute Gasteiger partial charge is 0.295 e. The minimum absolute atomic E-state index is 0.315. The van der Waals surface area contributed by atoms with Gasteiger partial charge in [0.2, 0.25) is 5.09 Å². The number of hydrogen-bond acceptors (Lipinski definition) is 4. The summed E-state index contributed by atoms with van der Waals surface area (Å²) in [5, 5.41) is 2.35. The van der Waals surface area contributed by atoms with Gasteiger partial charge in [0.1, 0.15) is 5.76 Å². The Kier molecular flexibility index (Phi) is 4.24. The van der Waals surface area contributed by atoms with Crippen LogP contribution >= 0.6 is 0 Å². The van der Waals surface area contributed by atoms with Gasteiger partial charge >= 0.3 is 0 Å². The summed E-state index contributed by atoms with van der Waals surface area (Å²) in [5.74, 6) is -4.30. The van der Waals surface area contributed by atoms with Crippen molar-refractivity contribution < 1.29 is 26.0 Å². The molecule has 0 amide bonds. The molecular formula is C12H11F3N2O3S. The summed E-state index contributed by atoms with van der Waals surface area (Å²) in [6, 6.07) is 3.71. The van der Waals surface area contributed by atoms with Crippen LogP contribution in [0, 0.1) is 17.5 Å². The lowest BCUT2D eigenvalue weighted by atomic mass is 10.3. The second-order valence-electron chi connectivity index (χ2n) is 4.11. The maximum absolute atomic E-state index is 13.0. The molecule has 2 aromatic rings. The van der Waals surface area contributed by atoms with Crippen molar-refractivity contribution in [1.29, 1.82) is 0 Å². The van der Waals surface area contributed by atoms with Gasteiger partial charge in [-0.3, -0.25) is 4.72 Å². The fraction of sp³-hybridized carbons (Fsp3) is 0.167. The van der Waals surface area contributed by atoms with Crippen molar-refractivity contribution in [3.05, 3.63) is 47.5 Å². The van der Waals surface area contributed by atoms with Gasteiger partial charge in [-0.2, -0.15) is 8.42 Å². The predicted molar refractivity (Wildman–Crippen MR) is 68.6 cm³/mol. The van der Waals surface area contributed by atoms with Gasteiger partial charge in [-0.25, -0.2) is 13.2 Å². The van der Waals surface area contributed by atoms with E-state index in [1.54, 1.807) is 7.05 Å². The van der Waals surface area contributed by atoms with Crippen molar-refractivity contribution in [3.63, 3.8) is 0 Å². The molecule has 0 saturated heterocycles. The fourth-order valence-electron chi connectivity index (χ4n) is 1.59. The molecule has 0 radical (unpaired) electrons. The number of benzene rings is 1. The van der Waals surface area contributed by atoms with Gasteiger partial charge in [0.25, 0.3) is 10.0 Å². The van der Waals surface area contributed by atoms with Crippen molar-refractivity contribution in [3.8, 4) is 0 Å². The molecule has 2 N–H and O–H groups in total. The molecule has 114 valence electrons. The molecule has 0 fully saturated rings. The summed E-state index contributed by atoms with van der Waals surface area (Å²) in [6.07, 6.45) is 0. The molecule has 21 heavy (non-hydrogen) atoms. The first-order valence-electron chi connectivity index (χ1n) is 5.74. The van der Waals surface area contributed by atoms with E-state index in [0.29, 0.717) is 24.4 Å². The second kappa shape index (κ2) is 5.78. The van der Waals surface area contributed by atoms with Crippen molar-refractivity contribution in [1.82, 2.24) is 5.32 Å². The summed E-state index contributed by atoms with van der Waals surface area (Å²) < 4.78 is 69.8. The molecule has 1 aromatic heterocycles. The molecule has 2 rings (SSSR count). The van der Waals surface area contributed by atoms with Crippen molar-refractivity contribution in [2.75, 3.05) is 11.8 Å². The molecule has 0 aliphatic rings. The Morgan fingerprint density at radius 2 is 1.76 bits per heavy atom. The molecule has 9 heteroatoms. The first-order chi connectivity index (χ1) is 9.83. The zero-order valence-corrected chi connectivity index (χ0v) is 11.6. The third-order valence-corrected chi connectivity index (χ3v) is 3.74. The minimum Gasteiger partial charge on any atom is -0.446 e. The van der Waals surface area contributed by atoms with E-state index in [0.717, 1.165) is 0 Å². The Morgan fingerprint density at radius 1 is 1.14 bits per heavy atom. The topological polar surface area (TPSA) is 71.3 Å². The number of anilines is 1. The van der Waals surface area contributed by atoms with Gasteiger partial charge in [0, 0.05) is 12.1 Å². The summed E-state index contributed by atoms with van der Waals surface area (Å²) in [7, 11) is -2.51. The van der Waals surface area contributed by atoms with Crippen LogP contribution < -0.4 is 10.0 Å². The average Bonchev–Trinajstić information content (AvgIpc) is 2.85. The number of halogens is 3. The van der Waals surface area contributed by atoms with E-state index in [-0.39, 0.29) is 0 Å². The van der Waals surface area contributed by atoms with Gasteiger partial charge < -0.3 is 9.73 Å². The van der Waals surface area contributed by atoms with E-state index in [4.69, 9.17) is 4.42 Å². The standard InChI is InChI=1S/C12H11F3N2O3S/c1-16-6-8-2-3-11(20-8)21(18,19)17-7-4-9(13)12(15)10(14)5-7/h2-5,16-17H,6H2,1H3. The number of nitrogens with one attached hydrogen (secondary N) is 2. The molecule has 1 heterocycles. The monoisotopic (exact) mass is 320 g/mol. The Morgan fingerprint density at radius 3 is 2.33 bits per heavy atom. The zero-order chi connectivity index (χ0) is 15.6. The van der Waals surface area contributed by atoms with Gasteiger partial charge in [0.05, 0.1) is 12.2 Å². The van der Waals surface area contributed by atoms with Crippen molar-refractivity contribution in [2.24, 2.45) is 0 Å². The van der Waals surface area contributed by atoms with Crippen molar-refractivity contribution >= 4 is 15.7 Å². The summed E-state index contributed by atoms with van der Waals surface area (Å²) in [5.41, 5.74) is -0.446. The van der Waals surface area contributed by atoms with Crippen LogP contribution in [0.2, 0.25) is 0 Å². The van der Waals surface area contributed by atoms with Gasteiger partial charge in [-0.1, -0.05) is 0 Å². The lowest BCUT2D eigenvalue weighted by Gasteiger charge is -2.06. The molecule has 0 saturated carbocycles. The molecule has 0 spiro atoms. The minimum atomic E-state index is -4.16. The van der Waals surface area contributed by atoms with Crippen molar-refractivity contribution in [2.45, 2.75) is 11.6 Å². The quantitative estimate of drug-likeness (QED) is 0.829. The molecule has 5 nitrogen and oxygen atoms in total. The lowest BCUT2D eigenvalue weighted by molar-refractivity contribution is 0.408. The molecule has 0 atom stereocenters. The van der Waals surface area contributed by atoms with E-state index < -0.39 is 38.3 Å². The van der Waals surface area contributed by atoms with E-state index in [2.05, 4.69) is 5.32 Å². The van der Waals surface area contributed by atoms with E-state index in [9.17, 15) is 21.6 Å². The molecule has 0 aliphatic heterocycles. The number of hydrogen-bond donors (Lipinski definition) is 2. The highest BCUT2D eigenvalue weighted by molar-refractivity contribution is 7.92. The molecule has 0 unspecified atom stereocenters. The summed E-state index contributed by atoms with van der Waals surface area (Å²) >= 11 is 0. The maximum Gasteiger partial charge on any atom is 0.295 e. The van der Waals surface area contributed by atoms with E-state index in [1.165, 1.54) is 12.1 Å². The number of furan rings is 1. The highest BCUT2D eigenvalue weighted by Crippen LogP contribution is 2.22. The third-order valence-electron chi connectivity index (χ3n) is 2.49. The highest BCUT2D eigenvalue weighted by atomic mass is 32.2. The largest absolute Gasteiger partial charge is 0.446 e. The first kappa shape index (κ1) is 15.4. The van der Waals surface area contributed by atoms with Crippen LogP contribution in [0.25, 0.3) is 0 Å². The normalized spacial score (nSPS) is 11.6. The molecule has 0 aliphatic carbocycles. The predicted octanol–water partition coefficient (Wildman–Crippen LogP) is 2.22. The Bertz CT molecular complexity index is 736. The summed E-state index contributed by atoms with van der Waals surface area (Å²) in [6.45, 7) is 0.315. The van der Waals surface area contributed by atoms with Crippen LogP contribution in [-0.2, 0) is 16.6 Å². The third kappa shape index (κ3) is 3.37. The average molecular weight is 320 g/mol. The number of rotatable bonds is 5. The molecular weight excluding hydrogens is 309 g/mol. The Hall–Kier alpha value is -2.00. The van der Waals surface area contributed by atoms with Crippen LogP contribution in [0.3, 0.4) is 0 Å². The summed E-state index contributed by atoms with van der Waals surface area (Å²) in [4.78, 5) is 0. The molecule has 0 bridgehead atoms. The Labute approximate surface area is 118 Å². The van der Waals surface area contributed by atoms with Gasteiger partial charge in [-0.05, 0) is 19.2 Å². The van der Waals surface area contributed by atoms with Crippen LogP contribution in [0.5, 0.6) is 0 Å². The van der Waals surface area contributed by atoms with Gasteiger partial charge in [0.15, 0.2) is 17.5 Å². The van der Waals surface area contributed by atoms with Gasteiger partial charge in [-0.15, -0.1) is 0 Å². The zero-order valence-electron chi connectivity index (χ0n) is 10.8. The van der Waals surface area contributed by atoms with Crippen LogP contribution in [0.4, 0.5) is 18.9 Å². The van der Waals surface area contributed by atoms with E-state index >= 15 is 0 Å². The van der Waals surface area contributed by atoms with E-state index in [1.807, 2.05) is 4.72 Å². The lowest BCUT2D eigenvalue weighted by Crippen LogP contribution is -2.13. The van der Waals surface area contributed by atoms with Crippen LogP contribution in [-0.4, -0.2) is 15.5 Å². The van der Waals surface area contributed by atoms with Crippen LogP contribution in [0.15, 0.2) is 33.8 Å². The highest BCUT2D eigenvalue weighted by Gasteiger charge is 2.20. The SMILES string of the molecule is CNCc1ccc(S(=O)(=O)Nc2cc(F)c(F)c(F)c2)o1.